The van der Waals surface area contributed by atoms with Gasteiger partial charge in [-0.25, -0.2) is 8.78 Å². The van der Waals surface area contributed by atoms with Crippen LogP contribution in [0.5, 0.6) is 23.0 Å². The first kappa shape index (κ1) is 31.8. The van der Waals surface area contributed by atoms with Gasteiger partial charge in [0.15, 0.2) is 11.5 Å². The third-order valence-electron chi connectivity index (χ3n) is 9.60. The molecule has 3 fully saturated rings. The maximum Gasteiger partial charge on any atom is 0.240 e. The van der Waals surface area contributed by atoms with Gasteiger partial charge in [0.1, 0.15) is 35.2 Å². The van der Waals surface area contributed by atoms with Crippen LogP contribution in [0.2, 0.25) is 0 Å². The fraction of sp³-hybridized carbons (Fsp3) is 0.378. The zero-order valence-electron chi connectivity index (χ0n) is 26.7. The lowest BCUT2D eigenvalue weighted by Crippen LogP contribution is -2.44. The molecular weight excluding hydrogens is 618 g/mol. The van der Waals surface area contributed by atoms with Crippen LogP contribution in [0.4, 0.5) is 20.2 Å². The lowest BCUT2D eigenvalue weighted by molar-refractivity contribution is -0.131. The summed E-state index contributed by atoms with van der Waals surface area (Å²) in [6.07, 6.45) is 10.7. The Balaban J connectivity index is 1.01. The molecule has 3 N–H and O–H groups in total. The van der Waals surface area contributed by atoms with Crippen LogP contribution in [-0.4, -0.2) is 42.1 Å². The van der Waals surface area contributed by atoms with Crippen LogP contribution in [0, 0.1) is 17.0 Å². The molecule has 0 saturated heterocycles. The molecule has 2 amide bonds. The minimum atomic E-state index is -1.32. The van der Waals surface area contributed by atoms with E-state index in [9.17, 15) is 14.0 Å². The molecule has 0 radical (unpaired) electrons. The molecule has 48 heavy (non-hydrogen) atoms. The zero-order valence-corrected chi connectivity index (χ0v) is 26.7. The molecule has 11 heteroatoms. The fourth-order valence-corrected chi connectivity index (χ4v) is 6.36. The molecule has 0 atom stereocenters. The van der Waals surface area contributed by atoms with Gasteiger partial charge in [0, 0.05) is 35.4 Å². The second-order valence-corrected chi connectivity index (χ2v) is 13.1. The van der Waals surface area contributed by atoms with E-state index in [1.807, 2.05) is 6.07 Å². The molecule has 0 unspecified atom stereocenters. The summed E-state index contributed by atoms with van der Waals surface area (Å²) in [7, 11) is 1.58. The predicted molar refractivity (Wildman–Crippen MR) is 178 cm³/mol. The van der Waals surface area contributed by atoms with Crippen LogP contribution in [0.15, 0.2) is 66.9 Å². The standard InChI is InChI=1S/C37H38F2N4O5/c1-46-32-20-27-30(21-33(32)47-22-36(14-15-36)43-25-5-3-2-4-6-25)40-18-13-31(27)48-26-11-12-29(28(39)19-26)42-35(45)37(16-17-37)34(44)41-24-9-7-23(38)8-10-24/h7-13,18-21,25,43H,2-6,14-17,22H2,1H3,(H,41,44)(H,42,45). The van der Waals surface area contributed by atoms with Gasteiger partial charge >= 0.3 is 0 Å². The van der Waals surface area contributed by atoms with Crippen molar-refractivity contribution in [3.63, 3.8) is 0 Å². The minimum absolute atomic E-state index is 0.00568. The molecule has 3 aliphatic rings. The molecule has 7 rings (SSSR count). The van der Waals surface area contributed by atoms with Gasteiger partial charge in [0.05, 0.1) is 23.9 Å². The third-order valence-corrected chi connectivity index (χ3v) is 9.60. The van der Waals surface area contributed by atoms with E-state index in [0.29, 0.717) is 59.3 Å². The Bertz CT molecular complexity index is 1840. The summed E-state index contributed by atoms with van der Waals surface area (Å²) >= 11 is 0. The summed E-state index contributed by atoms with van der Waals surface area (Å²) in [4.78, 5) is 30.5. The van der Waals surface area contributed by atoms with Crippen molar-refractivity contribution in [3.05, 3.63) is 78.5 Å². The van der Waals surface area contributed by atoms with Crippen LogP contribution >= 0.6 is 0 Å². The van der Waals surface area contributed by atoms with Crippen molar-refractivity contribution in [1.82, 2.24) is 10.3 Å². The largest absolute Gasteiger partial charge is 0.493 e. The summed E-state index contributed by atoms with van der Waals surface area (Å²) in [5, 5.41) is 9.69. The fourth-order valence-electron chi connectivity index (χ4n) is 6.36. The minimum Gasteiger partial charge on any atom is -0.493 e. The first-order valence-corrected chi connectivity index (χ1v) is 16.5. The lowest BCUT2D eigenvalue weighted by atomic mass is 9.94. The van der Waals surface area contributed by atoms with Crippen molar-refractivity contribution in [1.29, 1.82) is 0 Å². The van der Waals surface area contributed by atoms with Crippen LogP contribution < -0.4 is 30.2 Å². The molecule has 250 valence electrons. The highest BCUT2D eigenvalue weighted by molar-refractivity contribution is 6.17. The van der Waals surface area contributed by atoms with Gasteiger partial charge in [0.25, 0.3) is 0 Å². The number of amides is 2. The maximum atomic E-state index is 15.2. The smallest absolute Gasteiger partial charge is 0.240 e. The zero-order chi connectivity index (χ0) is 33.3. The number of benzene rings is 3. The predicted octanol–water partition coefficient (Wildman–Crippen LogP) is 7.51. The number of carbonyl (C=O) groups excluding carboxylic acids is 2. The molecule has 3 aromatic carbocycles. The Morgan fingerprint density at radius 1 is 0.854 bits per heavy atom. The Hall–Kier alpha value is -4.77. The average molecular weight is 657 g/mol. The summed E-state index contributed by atoms with van der Waals surface area (Å²) in [5.74, 6) is -0.526. The molecule has 4 aromatic rings. The number of nitrogens with one attached hydrogen (secondary N) is 3. The van der Waals surface area contributed by atoms with E-state index in [-0.39, 0.29) is 17.0 Å². The highest BCUT2D eigenvalue weighted by Gasteiger charge is 2.56. The van der Waals surface area contributed by atoms with Crippen molar-refractivity contribution in [3.8, 4) is 23.0 Å². The molecular formula is C37H38F2N4O5. The van der Waals surface area contributed by atoms with Crippen molar-refractivity contribution in [2.24, 2.45) is 5.41 Å². The topological polar surface area (TPSA) is 111 Å². The molecule has 3 aliphatic carbocycles. The number of ether oxygens (including phenoxy) is 3. The lowest BCUT2D eigenvalue weighted by Gasteiger charge is -2.28. The van der Waals surface area contributed by atoms with Crippen LogP contribution in [0.1, 0.15) is 57.8 Å². The van der Waals surface area contributed by atoms with Crippen molar-refractivity contribution in [2.75, 3.05) is 24.4 Å². The van der Waals surface area contributed by atoms with E-state index in [0.717, 1.165) is 12.8 Å². The number of halogens is 2. The Morgan fingerprint density at radius 3 is 2.29 bits per heavy atom. The number of rotatable bonds is 12. The van der Waals surface area contributed by atoms with E-state index in [1.165, 1.54) is 74.6 Å². The third kappa shape index (κ3) is 6.78. The number of methoxy groups -OCH3 is 1. The van der Waals surface area contributed by atoms with Gasteiger partial charge in [-0.2, -0.15) is 0 Å². The van der Waals surface area contributed by atoms with Gasteiger partial charge in [-0.15, -0.1) is 0 Å². The van der Waals surface area contributed by atoms with Crippen LogP contribution in [-0.2, 0) is 9.59 Å². The molecule has 3 saturated carbocycles. The van der Waals surface area contributed by atoms with Crippen LogP contribution in [0.25, 0.3) is 10.9 Å². The first-order chi connectivity index (χ1) is 23.3. The second-order valence-electron chi connectivity index (χ2n) is 13.1. The number of nitrogens with zero attached hydrogens (tertiary/aromatic N) is 1. The number of anilines is 2. The summed E-state index contributed by atoms with van der Waals surface area (Å²) in [5.41, 5.74) is -0.397. The van der Waals surface area contributed by atoms with Crippen molar-refractivity contribution in [2.45, 2.75) is 69.4 Å². The monoisotopic (exact) mass is 656 g/mol. The molecule has 9 nitrogen and oxygen atoms in total. The Kier molecular flexibility index (Phi) is 8.63. The Morgan fingerprint density at radius 2 is 1.60 bits per heavy atom. The number of fused-ring (bicyclic) bond motifs is 1. The van der Waals surface area contributed by atoms with Crippen molar-refractivity contribution >= 4 is 34.1 Å². The molecule has 1 aromatic heterocycles. The summed E-state index contributed by atoms with van der Waals surface area (Å²) in [6.45, 7) is 0.545. The normalized spacial score (nSPS) is 17.7. The van der Waals surface area contributed by atoms with Crippen LogP contribution in [0.3, 0.4) is 0 Å². The summed E-state index contributed by atoms with van der Waals surface area (Å²) in [6, 6.07) is 15.2. The molecule has 1 heterocycles. The van der Waals surface area contributed by atoms with E-state index >= 15 is 4.39 Å². The molecule has 0 spiro atoms. The average Bonchev–Trinajstić information content (AvgIpc) is 4.03. The quantitative estimate of drug-likeness (QED) is 0.135. The van der Waals surface area contributed by atoms with E-state index in [4.69, 9.17) is 14.2 Å². The van der Waals surface area contributed by atoms with Crippen molar-refractivity contribution < 1.29 is 32.6 Å². The second kappa shape index (κ2) is 13.0. The van der Waals surface area contributed by atoms with Gasteiger partial charge in [-0.05, 0) is 87.1 Å². The highest BCUT2D eigenvalue weighted by Crippen LogP contribution is 2.48. The number of pyridine rings is 1. The Labute approximate surface area is 277 Å². The highest BCUT2D eigenvalue weighted by atomic mass is 19.1. The molecule has 0 bridgehead atoms. The maximum absolute atomic E-state index is 15.2. The van der Waals surface area contributed by atoms with Gasteiger partial charge in [-0.1, -0.05) is 19.3 Å². The number of hydrogen-bond donors (Lipinski definition) is 3. The van der Waals surface area contributed by atoms with E-state index in [1.54, 1.807) is 25.4 Å². The van der Waals surface area contributed by atoms with E-state index in [2.05, 4.69) is 20.9 Å². The summed E-state index contributed by atoms with van der Waals surface area (Å²) < 4.78 is 46.5. The number of hydrogen-bond acceptors (Lipinski definition) is 7. The molecule has 0 aliphatic heterocycles. The first-order valence-electron chi connectivity index (χ1n) is 16.5. The number of aromatic nitrogens is 1. The van der Waals surface area contributed by atoms with Gasteiger partial charge in [0.2, 0.25) is 11.8 Å². The van der Waals surface area contributed by atoms with Gasteiger partial charge < -0.3 is 30.2 Å². The SMILES string of the molecule is COc1cc2c(Oc3ccc(NC(=O)C4(C(=O)Nc5ccc(F)cc5)CC4)c(F)c3)ccnc2cc1OCC1(NC2CCCCC2)CC1. The number of carbonyl (C=O) groups is 2. The van der Waals surface area contributed by atoms with Gasteiger partial charge in [-0.3, -0.25) is 14.6 Å². The van der Waals surface area contributed by atoms with E-state index < -0.39 is 28.9 Å².